The van der Waals surface area contributed by atoms with Crippen LogP contribution >= 0.6 is 0 Å². The Kier molecular flexibility index (Phi) is 4.98. The molecule has 2 heterocycles. The van der Waals surface area contributed by atoms with Crippen molar-refractivity contribution < 1.29 is 14.1 Å². The number of nitrogens with zero attached hydrogens (tertiary/aromatic N) is 2. The van der Waals surface area contributed by atoms with E-state index in [1.54, 1.807) is 6.07 Å². The molecule has 2 aromatic carbocycles. The van der Waals surface area contributed by atoms with E-state index in [-0.39, 0.29) is 12.0 Å². The van der Waals surface area contributed by atoms with E-state index < -0.39 is 0 Å². The number of ether oxygens (including phenoxy) is 1. The van der Waals surface area contributed by atoms with E-state index in [0.717, 1.165) is 30.6 Å². The number of hydrogen-bond donors (Lipinski definition) is 1. The van der Waals surface area contributed by atoms with Gasteiger partial charge in [0.15, 0.2) is 0 Å². The molecule has 1 fully saturated rings. The maximum absolute atomic E-state index is 12.7. The number of rotatable bonds is 5. The van der Waals surface area contributed by atoms with Gasteiger partial charge in [0.25, 0.3) is 11.8 Å². The molecular formula is C21H21N3O3. The summed E-state index contributed by atoms with van der Waals surface area (Å²) in [5.41, 5.74) is 3.16. The van der Waals surface area contributed by atoms with Gasteiger partial charge in [-0.05, 0) is 31.9 Å². The van der Waals surface area contributed by atoms with Crippen LogP contribution in [-0.2, 0) is 4.74 Å². The fraction of sp³-hybridized carbons (Fsp3) is 0.286. The van der Waals surface area contributed by atoms with Crippen LogP contribution < -0.4 is 5.32 Å². The summed E-state index contributed by atoms with van der Waals surface area (Å²) in [5.74, 6) is 0.657. The highest BCUT2D eigenvalue weighted by Gasteiger charge is 2.20. The molecule has 1 N–H and O–H groups in total. The normalized spacial score (nSPS) is 16.4. The highest BCUT2D eigenvalue weighted by molar-refractivity contribution is 6.00. The quantitative estimate of drug-likeness (QED) is 0.749. The van der Waals surface area contributed by atoms with Gasteiger partial charge in [-0.25, -0.2) is 0 Å². The molecule has 3 aromatic rings. The SMILES string of the molecule is Cc1ccc(-c2noc(-c3ccccc3C(=O)NC[C@H]3CCCO3)n2)cc1. The van der Waals surface area contributed by atoms with Crippen LogP contribution in [0, 0.1) is 6.92 Å². The van der Waals surface area contributed by atoms with Crippen molar-refractivity contribution >= 4 is 5.91 Å². The Bertz CT molecular complexity index is 928. The predicted octanol–water partition coefficient (Wildman–Crippen LogP) is 3.62. The minimum absolute atomic E-state index is 0.0951. The van der Waals surface area contributed by atoms with Crippen LogP contribution in [0.1, 0.15) is 28.8 Å². The van der Waals surface area contributed by atoms with Crippen LogP contribution in [0.5, 0.6) is 0 Å². The molecule has 1 saturated heterocycles. The van der Waals surface area contributed by atoms with Crippen LogP contribution in [0.3, 0.4) is 0 Å². The van der Waals surface area contributed by atoms with Crippen molar-refractivity contribution in [3.8, 4) is 22.8 Å². The van der Waals surface area contributed by atoms with Gasteiger partial charge in [-0.2, -0.15) is 4.98 Å². The summed E-state index contributed by atoms with van der Waals surface area (Å²) in [6, 6.07) is 15.1. The number of nitrogens with one attached hydrogen (secondary N) is 1. The van der Waals surface area contributed by atoms with Crippen molar-refractivity contribution in [3.05, 3.63) is 59.7 Å². The Morgan fingerprint density at radius 3 is 2.78 bits per heavy atom. The first-order chi connectivity index (χ1) is 13.2. The average Bonchev–Trinajstić information content (AvgIpc) is 3.39. The standard InChI is InChI=1S/C21H21N3O3/c1-14-8-10-15(11-9-14)19-23-21(27-24-19)18-7-3-2-6-17(18)20(25)22-13-16-5-4-12-26-16/h2-3,6-11,16H,4-5,12-13H2,1H3,(H,22,25)/t16-/m1/s1. The largest absolute Gasteiger partial charge is 0.376 e. The number of aryl methyl sites for hydroxylation is 1. The third kappa shape index (κ3) is 3.90. The van der Waals surface area contributed by atoms with Crippen molar-refractivity contribution in [1.29, 1.82) is 0 Å². The molecule has 1 aromatic heterocycles. The van der Waals surface area contributed by atoms with E-state index in [4.69, 9.17) is 9.26 Å². The van der Waals surface area contributed by atoms with E-state index in [9.17, 15) is 4.79 Å². The Labute approximate surface area is 157 Å². The Morgan fingerprint density at radius 1 is 1.19 bits per heavy atom. The summed E-state index contributed by atoms with van der Waals surface area (Å²) in [6.07, 6.45) is 2.12. The molecule has 0 spiro atoms. The van der Waals surface area contributed by atoms with Crippen LogP contribution in [0.2, 0.25) is 0 Å². The van der Waals surface area contributed by atoms with Gasteiger partial charge in [0.05, 0.1) is 17.2 Å². The second kappa shape index (κ2) is 7.72. The molecule has 4 rings (SSSR count). The summed E-state index contributed by atoms with van der Waals surface area (Å²) in [6.45, 7) is 3.30. The minimum Gasteiger partial charge on any atom is -0.376 e. The van der Waals surface area contributed by atoms with Crippen molar-refractivity contribution in [1.82, 2.24) is 15.5 Å². The number of amides is 1. The summed E-state index contributed by atoms with van der Waals surface area (Å²) in [4.78, 5) is 17.1. The maximum Gasteiger partial charge on any atom is 0.259 e. The van der Waals surface area contributed by atoms with Gasteiger partial charge < -0.3 is 14.6 Å². The predicted molar refractivity (Wildman–Crippen MR) is 101 cm³/mol. The topological polar surface area (TPSA) is 77.2 Å². The molecule has 6 nitrogen and oxygen atoms in total. The fourth-order valence-corrected chi connectivity index (χ4v) is 3.13. The zero-order valence-corrected chi connectivity index (χ0v) is 15.1. The van der Waals surface area contributed by atoms with Crippen LogP contribution in [0.4, 0.5) is 0 Å². The Morgan fingerprint density at radius 2 is 2.00 bits per heavy atom. The van der Waals surface area contributed by atoms with E-state index in [1.165, 1.54) is 0 Å². The first-order valence-electron chi connectivity index (χ1n) is 9.10. The highest BCUT2D eigenvalue weighted by Crippen LogP contribution is 2.25. The van der Waals surface area contributed by atoms with Crippen molar-refractivity contribution in [2.45, 2.75) is 25.9 Å². The second-order valence-electron chi connectivity index (χ2n) is 6.68. The third-order valence-corrected chi connectivity index (χ3v) is 4.65. The van der Waals surface area contributed by atoms with Crippen LogP contribution in [0.25, 0.3) is 22.8 Å². The molecule has 1 aliphatic heterocycles. The van der Waals surface area contributed by atoms with Gasteiger partial charge in [0.1, 0.15) is 0 Å². The van der Waals surface area contributed by atoms with Gasteiger partial charge in [0.2, 0.25) is 5.82 Å². The lowest BCUT2D eigenvalue weighted by atomic mass is 10.1. The third-order valence-electron chi connectivity index (χ3n) is 4.65. The lowest BCUT2D eigenvalue weighted by Crippen LogP contribution is -2.32. The molecule has 6 heteroatoms. The molecule has 0 radical (unpaired) electrons. The molecule has 0 saturated carbocycles. The van der Waals surface area contributed by atoms with E-state index in [0.29, 0.717) is 29.4 Å². The smallest absolute Gasteiger partial charge is 0.259 e. The summed E-state index contributed by atoms with van der Waals surface area (Å²) in [5, 5.41) is 7.01. The fourth-order valence-electron chi connectivity index (χ4n) is 3.13. The Hall–Kier alpha value is -2.99. The Balaban J connectivity index is 1.55. The minimum atomic E-state index is -0.170. The number of hydrogen-bond acceptors (Lipinski definition) is 5. The zero-order chi connectivity index (χ0) is 18.6. The van der Waals surface area contributed by atoms with Crippen molar-refractivity contribution in [2.75, 3.05) is 13.2 Å². The van der Waals surface area contributed by atoms with Crippen LogP contribution in [-0.4, -0.2) is 35.3 Å². The van der Waals surface area contributed by atoms with Crippen LogP contribution in [0.15, 0.2) is 53.1 Å². The van der Waals surface area contributed by atoms with Crippen molar-refractivity contribution in [2.24, 2.45) is 0 Å². The van der Waals surface area contributed by atoms with Gasteiger partial charge >= 0.3 is 0 Å². The van der Waals surface area contributed by atoms with Gasteiger partial charge in [-0.3, -0.25) is 4.79 Å². The first kappa shape index (κ1) is 17.4. The number of carbonyl (C=O) groups is 1. The number of carbonyl (C=O) groups excluding carboxylic acids is 1. The monoisotopic (exact) mass is 363 g/mol. The molecule has 0 unspecified atom stereocenters. The summed E-state index contributed by atoms with van der Waals surface area (Å²) < 4.78 is 11.0. The molecule has 27 heavy (non-hydrogen) atoms. The molecule has 1 atom stereocenters. The summed E-state index contributed by atoms with van der Waals surface area (Å²) in [7, 11) is 0. The molecule has 1 aliphatic rings. The molecule has 1 amide bonds. The lowest BCUT2D eigenvalue weighted by Gasteiger charge is -2.11. The zero-order valence-electron chi connectivity index (χ0n) is 15.1. The lowest BCUT2D eigenvalue weighted by molar-refractivity contribution is 0.0858. The van der Waals surface area contributed by atoms with Gasteiger partial charge in [-0.15, -0.1) is 0 Å². The number of aromatic nitrogens is 2. The summed E-state index contributed by atoms with van der Waals surface area (Å²) >= 11 is 0. The average molecular weight is 363 g/mol. The van der Waals surface area contributed by atoms with E-state index >= 15 is 0 Å². The molecule has 138 valence electrons. The second-order valence-corrected chi connectivity index (χ2v) is 6.68. The number of benzene rings is 2. The molecular weight excluding hydrogens is 342 g/mol. The van der Waals surface area contributed by atoms with Crippen molar-refractivity contribution in [3.63, 3.8) is 0 Å². The molecule has 0 aliphatic carbocycles. The van der Waals surface area contributed by atoms with E-state index in [2.05, 4.69) is 15.5 Å². The maximum atomic E-state index is 12.7. The molecule has 0 bridgehead atoms. The first-order valence-corrected chi connectivity index (χ1v) is 9.10. The van der Waals surface area contributed by atoms with E-state index in [1.807, 2.05) is 49.4 Å². The highest BCUT2D eigenvalue weighted by atomic mass is 16.5. The van der Waals surface area contributed by atoms with Gasteiger partial charge in [-0.1, -0.05) is 47.1 Å². The van der Waals surface area contributed by atoms with Gasteiger partial charge in [0, 0.05) is 18.7 Å².